The Hall–Kier alpha value is -1.88. The third-order valence-corrected chi connectivity index (χ3v) is 2.72. The van der Waals surface area contributed by atoms with E-state index in [1.54, 1.807) is 24.3 Å². The van der Waals surface area contributed by atoms with E-state index in [0.29, 0.717) is 30.8 Å². The smallest absolute Gasteiger partial charge is 0.251 e. The van der Waals surface area contributed by atoms with Crippen LogP contribution in [0.3, 0.4) is 0 Å². The zero-order valence-corrected chi connectivity index (χ0v) is 12.2. The van der Waals surface area contributed by atoms with Crippen LogP contribution >= 0.6 is 0 Å². The molecule has 0 saturated heterocycles. The van der Waals surface area contributed by atoms with E-state index >= 15 is 0 Å². The summed E-state index contributed by atoms with van der Waals surface area (Å²) in [6.07, 6.45) is 1.31. The third-order valence-electron chi connectivity index (χ3n) is 2.72. The average molecular weight is 277 g/mol. The number of rotatable bonds is 8. The molecule has 110 valence electrons. The molecule has 5 nitrogen and oxygen atoms in total. The number of carbonyl (C=O) groups is 2. The molecule has 0 saturated carbocycles. The zero-order chi connectivity index (χ0) is 14.8. The molecule has 0 aliphatic rings. The minimum absolute atomic E-state index is 0.0583. The van der Waals surface area contributed by atoms with Crippen molar-refractivity contribution in [1.29, 1.82) is 0 Å². The standard InChI is InChI=1S/C15H23N3O2/c1-3-9-17-15(20)12-6-5-7-13(11-12)18-14(19)8-10-16-4-2/h5-7,11,16H,3-4,8-10H2,1-2H3,(H,17,20)(H,18,19). The Morgan fingerprint density at radius 3 is 2.65 bits per heavy atom. The Kier molecular flexibility index (Phi) is 7.35. The molecule has 0 aliphatic carbocycles. The van der Waals surface area contributed by atoms with Crippen LogP contribution in [0.2, 0.25) is 0 Å². The van der Waals surface area contributed by atoms with E-state index < -0.39 is 0 Å². The summed E-state index contributed by atoms with van der Waals surface area (Å²) in [6.45, 7) is 6.15. The van der Waals surface area contributed by atoms with Crippen molar-refractivity contribution < 1.29 is 9.59 Å². The normalized spacial score (nSPS) is 10.1. The fourth-order valence-electron chi connectivity index (χ4n) is 1.68. The predicted octanol–water partition coefficient (Wildman–Crippen LogP) is 1.76. The number of carbonyl (C=O) groups excluding carboxylic acids is 2. The average Bonchev–Trinajstić information content (AvgIpc) is 2.45. The predicted molar refractivity (Wildman–Crippen MR) is 80.9 cm³/mol. The Morgan fingerprint density at radius 2 is 1.95 bits per heavy atom. The number of benzene rings is 1. The Balaban J connectivity index is 2.54. The summed E-state index contributed by atoms with van der Waals surface area (Å²) in [5.41, 5.74) is 1.21. The molecule has 0 unspecified atom stereocenters. The van der Waals surface area contributed by atoms with Crippen molar-refractivity contribution in [3.63, 3.8) is 0 Å². The lowest BCUT2D eigenvalue weighted by molar-refractivity contribution is -0.116. The van der Waals surface area contributed by atoms with Gasteiger partial charge in [-0.3, -0.25) is 9.59 Å². The molecule has 0 atom stereocenters. The van der Waals surface area contributed by atoms with Crippen molar-refractivity contribution in [3.05, 3.63) is 29.8 Å². The number of amides is 2. The van der Waals surface area contributed by atoms with Crippen molar-refractivity contribution in [3.8, 4) is 0 Å². The molecule has 0 heterocycles. The quantitative estimate of drug-likeness (QED) is 0.634. The molecule has 0 spiro atoms. The van der Waals surface area contributed by atoms with Crippen LogP contribution in [0, 0.1) is 0 Å². The highest BCUT2D eigenvalue weighted by Gasteiger charge is 2.07. The molecular formula is C15H23N3O2. The molecule has 0 fully saturated rings. The minimum Gasteiger partial charge on any atom is -0.352 e. The first-order valence-corrected chi connectivity index (χ1v) is 7.06. The fraction of sp³-hybridized carbons (Fsp3) is 0.467. The Morgan fingerprint density at radius 1 is 1.15 bits per heavy atom. The van der Waals surface area contributed by atoms with Gasteiger partial charge in [-0.15, -0.1) is 0 Å². The molecule has 0 aromatic heterocycles. The molecule has 5 heteroatoms. The van der Waals surface area contributed by atoms with Crippen LogP contribution in [0.1, 0.15) is 37.0 Å². The van der Waals surface area contributed by atoms with E-state index in [1.165, 1.54) is 0 Å². The number of hydrogen-bond acceptors (Lipinski definition) is 3. The van der Waals surface area contributed by atoms with Crippen LogP contribution in [0.5, 0.6) is 0 Å². The van der Waals surface area contributed by atoms with E-state index in [9.17, 15) is 9.59 Å². The van der Waals surface area contributed by atoms with Gasteiger partial charge in [-0.05, 0) is 31.2 Å². The van der Waals surface area contributed by atoms with Crippen LogP contribution in [-0.2, 0) is 4.79 Å². The van der Waals surface area contributed by atoms with E-state index in [0.717, 1.165) is 13.0 Å². The first-order valence-electron chi connectivity index (χ1n) is 7.06. The Bertz CT molecular complexity index is 446. The molecular weight excluding hydrogens is 254 g/mol. The molecule has 3 N–H and O–H groups in total. The van der Waals surface area contributed by atoms with Gasteiger partial charge in [-0.1, -0.05) is 19.9 Å². The summed E-state index contributed by atoms with van der Waals surface area (Å²) < 4.78 is 0. The SMILES string of the molecule is CCCNC(=O)c1cccc(NC(=O)CCNCC)c1. The largest absolute Gasteiger partial charge is 0.352 e. The van der Waals surface area contributed by atoms with E-state index in [-0.39, 0.29) is 11.8 Å². The highest BCUT2D eigenvalue weighted by atomic mass is 16.2. The van der Waals surface area contributed by atoms with Gasteiger partial charge < -0.3 is 16.0 Å². The van der Waals surface area contributed by atoms with Gasteiger partial charge in [0.2, 0.25) is 5.91 Å². The monoisotopic (exact) mass is 277 g/mol. The second kappa shape index (κ2) is 9.09. The molecule has 0 radical (unpaired) electrons. The fourth-order valence-corrected chi connectivity index (χ4v) is 1.68. The van der Waals surface area contributed by atoms with Crippen molar-refractivity contribution in [2.24, 2.45) is 0 Å². The van der Waals surface area contributed by atoms with E-state index in [2.05, 4.69) is 16.0 Å². The van der Waals surface area contributed by atoms with Gasteiger partial charge in [0, 0.05) is 30.8 Å². The van der Waals surface area contributed by atoms with Gasteiger partial charge in [0.1, 0.15) is 0 Å². The van der Waals surface area contributed by atoms with Crippen LogP contribution < -0.4 is 16.0 Å². The highest BCUT2D eigenvalue weighted by molar-refractivity contribution is 5.97. The van der Waals surface area contributed by atoms with Gasteiger partial charge in [-0.25, -0.2) is 0 Å². The van der Waals surface area contributed by atoms with Crippen LogP contribution in [0.15, 0.2) is 24.3 Å². The maximum Gasteiger partial charge on any atom is 0.251 e. The Labute approximate surface area is 120 Å². The summed E-state index contributed by atoms with van der Waals surface area (Å²) in [4.78, 5) is 23.5. The lowest BCUT2D eigenvalue weighted by Crippen LogP contribution is -2.24. The van der Waals surface area contributed by atoms with Gasteiger partial charge in [-0.2, -0.15) is 0 Å². The molecule has 20 heavy (non-hydrogen) atoms. The second-order valence-electron chi connectivity index (χ2n) is 4.49. The second-order valence-corrected chi connectivity index (χ2v) is 4.49. The molecule has 1 aromatic carbocycles. The molecule has 0 aliphatic heterocycles. The molecule has 0 bridgehead atoms. The van der Waals surface area contributed by atoms with Gasteiger partial charge >= 0.3 is 0 Å². The first-order chi connectivity index (χ1) is 9.67. The zero-order valence-electron chi connectivity index (χ0n) is 12.2. The summed E-state index contributed by atoms with van der Waals surface area (Å²) in [7, 11) is 0. The maximum atomic E-state index is 11.8. The van der Waals surface area contributed by atoms with Crippen molar-refractivity contribution in [2.75, 3.05) is 25.0 Å². The highest BCUT2D eigenvalue weighted by Crippen LogP contribution is 2.11. The third kappa shape index (κ3) is 5.84. The lowest BCUT2D eigenvalue weighted by atomic mass is 10.2. The van der Waals surface area contributed by atoms with Crippen molar-refractivity contribution in [2.45, 2.75) is 26.7 Å². The summed E-state index contributed by atoms with van der Waals surface area (Å²) in [6, 6.07) is 6.97. The molecule has 1 rings (SSSR count). The molecule has 2 amide bonds. The minimum atomic E-state index is -0.115. The number of nitrogens with one attached hydrogen (secondary N) is 3. The lowest BCUT2D eigenvalue weighted by Gasteiger charge is -2.08. The van der Waals surface area contributed by atoms with Crippen molar-refractivity contribution >= 4 is 17.5 Å². The van der Waals surface area contributed by atoms with Crippen LogP contribution in [-0.4, -0.2) is 31.4 Å². The van der Waals surface area contributed by atoms with Gasteiger partial charge in [0.05, 0.1) is 0 Å². The van der Waals surface area contributed by atoms with E-state index in [1.807, 2.05) is 13.8 Å². The van der Waals surface area contributed by atoms with Gasteiger partial charge in [0.15, 0.2) is 0 Å². The summed E-state index contributed by atoms with van der Waals surface area (Å²) in [5.74, 6) is -0.173. The van der Waals surface area contributed by atoms with Gasteiger partial charge in [0.25, 0.3) is 5.91 Å². The van der Waals surface area contributed by atoms with Crippen LogP contribution in [0.4, 0.5) is 5.69 Å². The summed E-state index contributed by atoms with van der Waals surface area (Å²) in [5, 5.41) is 8.70. The molecule has 1 aromatic rings. The van der Waals surface area contributed by atoms with Crippen LogP contribution in [0.25, 0.3) is 0 Å². The number of hydrogen-bond donors (Lipinski definition) is 3. The van der Waals surface area contributed by atoms with Crippen molar-refractivity contribution in [1.82, 2.24) is 10.6 Å². The number of anilines is 1. The summed E-state index contributed by atoms with van der Waals surface area (Å²) >= 11 is 0. The maximum absolute atomic E-state index is 11.8. The first kappa shape index (κ1) is 16.2. The van der Waals surface area contributed by atoms with E-state index in [4.69, 9.17) is 0 Å². The topological polar surface area (TPSA) is 70.2 Å².